The molecular weight excluding hydrogens is 324 g/mol. The molecule has 1 fully saturated rings. The molecule has 1 aliphatic heterocycles. The minimum atomic E-state index is 0.00696. The van der Waals surface area contributed by atoms with Crippen molar-refractivity contribution in [1.82, 2.24) is 14.9 Å². The van der Waals surface area contributed by atoms with Crippen LogP contribution >= 0.6 is 0 Å². The van der Waals surface area contributed by atoms with E-state index in [9.17, 15) is 4.79 Å². The maximum Gasteiger partial charge on any atom is 0.273 e. The Morgan fingerprint density at radius 2 is 1.92 bits per heavy atom. The van der Waals surface area contributed by atoms with Crippen LogP contribution < -0.4 is 4.90 Å². The van der Waals surface area contributed by atoms with Gasteiger partial charge in [-0.05, 0) is 42.0 Å². The number of benzene rings is 1. The highest BCUT2D eigenvalue weighted by Gasteiger charge is 2.32. The molecule has 5 heteroatoms. The molecule has 5 nitrogen and oxygen atoms in total. The summed E-state index contributed by atoms with van der Waals surface area (Å²) in [4.78, 5) is 26.0. The molecule has 0 radical (unpaired) electrons. The second-order valence-electron chi connectivity index (χ2n) is 6.88. The van der Waals surface area contributed by atoms with E-state index in [0.717, 1.165) is 41.5 Å². The summed E-state index contributed by atoms with van der Waals surface area (Å²) in [6, 6.07) is 14.0. The molecule has 1 aliphatic rings. The third-order valence-electron chi connectivity index (χ3n) is 5.00. The molecule has 0 aliphatic carbocycles. The highest BCUT2D eigenvalue weighted by molar-refractivity contribution is 6.05. The molecule has 2 aromatic heterocycles. The van der Waals surface area contributed by atoms with Gasteiger partial charge in [0.15, 0.2) is 0 Å². The van der Waals surface area contributed by atoms with E-state index >= 15 is 0 Å². The van der Waals surface area contributed by atoms with Crippen LogP contribution in [-0.4, -0.2) is 41.4 Å². The van der Waals surface area contributed by atoms with Crippen LogP contribution in [0.3, 0.4) is 0 Å². The summed E-state index contributed by atoms with van der Waals surface area (Å²) in [5, 5.41) is 1.95. The van der Waals surface area contributed by atoms with Gasteiger partial charge in [0.1, 0.15) is 11.5 Å². The molecule has 3 heterocycles. The van der Waals surface area contributed by atoms with Crippen LogP contribution in [0.25, 0.3) is 10.8 Å². The predicted molar refractivity (Wildman–Crippen MR) is 103 cm³/mol. The number of rotatable bonds is 3. The van der Waals surface area contributed by atoms with Gasteiger partial charge in [-0.1, -0.05) is 24.3 Å². The first-order chi connectivity index (χ1) is 12.6. The largest absolute Gasteiger partial charge is 0.363 e. The number of fused-ring (bicyclic) bond motifs is 1. The Hall–Kier alpha value is -2.95. The van der Waals surface area contributed by atoms with Gasteiger partial charge in [0.2, 0.25) is 0 Å². The molecule has 1 amide bonds. The van der Waals surface area contributed by atoms with E-state index in [4.69, 9.17) is 0 Å². The average Bonchev–Trinajstić information content (AvgIpc) is 3.17. The van der Waals surface area contributed by atoms with Crippen molar-refractivity contribution >= 4 is 22.5 Å². The lowest BCUT2D eigenvalue weighted by Crippen LogP contribution is -2.31. The average molecular weight is 346 g/mol. The zero-order valence-corrected chi connectivity index (χ0v) is 15.1. The Bertz CT molecular complexity index is 948. The maximum atomic E-state index is 13.3. The normalized spacial score (nSPS) is 16.8. The van der Waals surface area contributed by atoms with Crippen LogP contribution in [0.5, 0.6) is 0 Å². The topological polar surface area (TPSA) is 49.3 Å². The van der Waals surface area contributed by atoms with Crippen molar-refractivity contribution in [2.24, 2.45) is 0 Å². The lowest BCUT2D eigenvalue weighted by atomic mass is 10.0. The number of hydrogen-bond donors (Lipinski definition) is 0. The summed E-state index contributed by atoms with van der Waals surface area (Å²) in [5.41, 5.74) is 1.67. The number of likely N-dealkylation sites (tertiary alicyclic amines) is 1. The monoisotopic (exact) mass is 346 g/mol. The molecule has 0 bridgehead atoms. The lowest BCUT2D eigenvalue weighted by Gasteiger charge is -2.26. The van der Waals surface area contributed by atoms with Crippen molar-refractivity contribution in [1.29, 1.82) is 0 Å². The summed E-state index contributed by atoms with van der Waals surface area (Å²) in [6.07, 6.45) is 5.51. The van der Waals surface area contributed by atoms with Crippen molar-refractivity contribution in [2.45, 2.75) is 18.9 Å². The van der Waals surface area contributed by atoms with Crippen molar-refractivity contribution in [3.63, 3.8) is 0 Å². The Morgan fingerprint density at radius 1 is 1.12 bits per heavy atom. The van der Waals surface area contributed by atoms with Gasteiger partial charge in [-0.15, -0.1) is 0 Å². The molecule has 1 saturated heterocycles. The molecule has 132 valence electrons. The fraction of sp³-hybridized carbons (Fsp3) is 0.286. The lowest BCUT2D eigenvalue weighted by molar-refractivity contribution is 0.0732. The highest BCUT2D eigenvalue weighted by Crippen LogP contribution is 2.34. The summed E-state index contributed by atoms with van der Waals surface area (Å²) in [5.74, 6) is 0.914. The van der Waals surface area contributed by atoms with Crippen molar-refractivity contribution in [2.75, 3.05) is 25.5 Å². The van der Waals surface area contributed by atoms with E-state index in [0.29, 0.717) is 5.69 Å². The number of nitrogens with zero attached hydrogens (tertiary/aromatic N) is 4. The van der Waals surface area contributed by atoms with E-state index in [2.05, 4.69) is 16.0 Å². The van der Waals surface area contributed by atoms with Gasteiger partial charge >= 0.3 is 0 Å². The number of pyridine rings is 2. The minimum Gasteiger partial charge on any atom is -0.363 e. The van der Waals surface area contributed by atoms with E-state index in [1.807, 2.05) is 66.5 Å². The Kier molecular flexibility index (Phi) is 4.29. The molecule has 4 rings (SSSR count). The molecular formula is C21H22N4O. The summed E-state index contributed by atoms with van der Waals surface area (Å²) in [7, 11) is 3.95. The molecule has 26 heavy (non-hydrogen) atoms. The third-order valence-corrected chi connectivity index (χ3v) is 5.00. The zero-order valence-electron chi connectivity index (χ0n) is 15.1. The van der Waals surface area contributed by atoms with Crippen molar-refractivity contribution < 1.29 is 4.79 Å². The van der Waals surface area contributed by atoms with E-state index in [-0.39, 0.29) is 11.9 Å². The first kappa shape index (κ1) is 16.5. The summed E-state index contributed by atoms with van der Waals surface area (Å²) < 4.78 is 0. The Labute approximate surface area is 153 Å². The minimum absolute atomic E-state index is 0.00696. The fourth-order valence-electron chi connectivity index (χ4n) is 3.67. The second-order valence-corrected chi connectivity index (χ2v) is 6.88. The number of amides is 1. The van der Waals surface area contributed by atoms with Crippen molar-refractivity contribution in [3.05, 3.63) is 66.1 Å². The molecule has 0 N–H and O–H groups in total. The van der Waals surface area contributed by atoms with E-state index in [1.165, 1.54) is 0 Å². The van der Waals surface area contributed by atoms with E-state index < -0.39 is 0 Å². The van der Waals surface area contributed by atoms with Gasteiger partial charge in [-0.2, -0.15) is 0 Å². The third kappa shape index (κ3) is 2.90. The molecule has 1 atom stereocenters. The van der Waals surface area contributed by atoms with Crippen molar-refractivity contribution in [3.8, 4) is 0 Å². The Morgan fingerprint density at radius 3 is 2.77 bits per heavy atom. The zero-order chi connectivity index (χ0) is 18.1. The number of carbonyl (C=O) groups excluding carboxylic acids is 1. The smallest absolute Gasteiger partial charge is 0.273 e. The summed E-state index contributed by atoms with van der Waals surface area (Å²) in [6.45, 7) is 0.758. The Balaban J connectivity index is 1.70. The predicted octanol–water partition coefficient (Wildman–Crippen LogP) is 3.67. The number of aromatic nitrogens is 2. The van der Waals surface area contributed by atoms with Crippen LogP contribution in [0.1, 0.15) is 34.9 Å². The first-order valence-corrected chi connectivity index (χ1v) is 8.93. The van der Waals surface area contributed by atoms with Gasteiger partial charge in [-0.25, -0.2) is 4.98 Å². The SMILES string of the molecule is CN(C)c1cc(C2CCCN2C(=O)c2nccc3ccccc23)ccn1. The van der Waals surface area contributed by atoms with Gasteiger partial charge < -0.3 is 9.80 Å². The van der Waals surface area contributed by atoms with Gasteiger partial charge in [0, 0.05) is 38.4 Å². The first-order valence-electron chi connectivity index (χ1n) is 8.93. The van der Waals surface area contributed by atoms with Crippen LogP contribution in [-0.2, 0) is 0 Å². The van der Waals surface area contributed by atoms with E-state index in [1.54, 1.807) is 6.20 Å². The molecule has 1 unspecified atom stereocenters. The van der Waals surface area contributed by atoms with Gasteiger partial charge in [0.05, 0.1) is 6.04 Å². The second kappa shape index (κ2) is 6.75. The number of hydrogen-bond acceptors (Lipinski definition) is 4. The van der Waals surface area contributed by atoms with Crippen LogP contribution in [0.15, 0.2) is 54.9 Å². The molecule has 0 spiro atoms. The number of anilines is 1. The quantitative estimate of drug-likeness (QED) is 0.726. The van der Waals surface area contributed by atoms with Crippen LogP contribution in [0.2, 0.25) is 0 Å². The summed E-state index contributed by atoms with van der Waals surface area (Å²) >= 11 is 0. The van der Waals surface area contributed by atoms with Gasteiger partial charge in [0.25, 0.3) is 5.91 Å². The van der Waals surface area contributed by atoms with Crippen LogP contribution in [0, 0.1) is 0 Å². The van der Waals surface area contributed by atoms with Crippen LogP contribution in [0.4, 0.5) is 5.82 Å². The standard InChI is InChI=1S/C21H22N4O/c1-24(2)19-14-16(10-11-22-19)18-8-5-13-25(18)21(26)20-17-7-4-3-6-15(17)9-12-23-20/h3-4,6-7,9-12,14,18H,5,8,13H2,1-2H3. The molecule has 0 saturated carbocycles. The number of carbonyl (C=O) groups is 1. The van der Waals surface area contributed by atoms with Gasteiger partial charge in [-0.3, -0.25) is 9.78 Å². The maximum absolute atomic E-state index is 13.3. The highest BCUT2D eigenvalue weighted by atomic mass is 16.2. The molecule has 1 aromatic carbocycles. The fourth-order valence-corrected chi connectivity index (χ4v) is 3.67. The molecule has 3 aromatic rings.